The van der Waals surface area contributed by atoms with E-state index >= 15 is 0 Å². The fourth-order valence-corrected chi connectivity index (χ4v) is 2.70. The second-order valence-corrected chi connectivity index (χ2v) is 5.59. The molecule has 2 aromatic heterocycles. The monoisotopic (exact) mass is 345 g/mol. The topological polar surface area (TPSA) is 86.5 Å². The molecule has 0 saturated heterocycles. The normalized spacial score (nSPS) is 10.4. The lowest BCUT2D eigenvalue weighted by molar-refractivity contribution is 0.102. The van der Waals surface area contributed by atoms with Crippen LogP contribution in [0.15, 0.2) is 40.1 Å². The number of amides is 1. The number of carbonyl (C=O) groups excluding carboxylic acids is 1. The van der Waals surface area contributed by atoms with Gasteiger partial charge in [0.2, 0.25) is 0 Å². The minimum atomic E-state index is -0.406. The Labute approximate surface area is 142 Å². The third-order valence-electron chi connectivity index (χ3n) is 3.11. The van der Waals surface area contributed by atoms with E-state index in [9.17, 15) is 4.79 Å². The van der Waals surface area contributed by atoms with E-state index in [0.717, 1.165) is 4.88 Å². The molecule has 0 spiro atoms. The molecule has 3 aromatic rings. The van der Waals surface area contributed by atoms with Crippen LogP contribution in [0, 0.1) is 0 Å². The van der Waals surface area contributed by atoms with Crippen LogP contribution in [-0.2, 0) is 0 Å². The molecule has 0 radical (unpaired) electrons. The van der Waals surface area contributed by atoms with E-state index < -0.39 is 5.91 Å². The van der Waals surface area contributed by atoms with Gasteiger partial charge in [-0.25, -0.2) is 0 Å². The van der Waals surface area contributed by atoms with Crippen molar-refractivity contribution in [2.45, 2.75) is 6.92 Å². The Morgan fingerprint density at radius 3 is 2.92 bits per heavy atom. The zero-order valence-corrected chi connectivity index (χ0v) is 13.9. The molecule has 24 heavy (non-hydrogen) atoms. The first-order valence-corrected chi connectivity index (χ1v) is 8.08. The van der Waals surface area contributed by atoms with Crippen molar-refractivity contribution in [1.82, 2.24) is 10.2 Å². The largest absolute Gasteiger partial charge is 0.496 e. The number of nitrogens with one attached hydrogen (secondary N) is 1. The average molecular weight is 345 g/mol. The summed E-state index contributed by atoms with van der Waals surface area (Å²) in [4.78, 5) is 13.2. The van der Waals surface area contributed by atoms with Crippen molar-refractivity contribution in [1.29, 1.82) is 0 Å². The number of hydrogen-bond donors (Lipinski definition) is 1. The Balaban J connectivity index is 1.77. The molecule has 1 amide bonds. The van der Waals surface area contributed by atoms with Gasteiger partial charge in [-0.15, -0.1) is 16.4 Å². The summed E-state index contributed by atoms with van der Waals surface area (Å²) in [6.45, 7) is 2.41. The number of thiophene rings is 1. The van der Waals surface area contributed by atoms with Crippen LogP contribution in [0.3, 0.4) is 0 Å². The van der Waals surface area contributed by atoms with E-state index in [1.807, 2.05) is 24.4 Å². The van der Waals surface area contributed by atoms with Crippen molar-refractivity contribution in [3.63, 3.8) is 0 Å². The first kappa shape index (κ1) is 16.0. The lowest BCUT2D eigenvalue weighted by Gasteiger charge is -2.10. The van der Waals surface area contributed by atoms with Gasteiger partial charge in [-0.2, -0.15) is 0 Å². The Morgan fingerprint density at radius 2 is 2.21 bits per heavy atom. The SMILES string of the molecule is CCOc1ccc(C(=O)Nc2nnc(-c3cccs3)o2)c(OC)c1. The van der Waals surface area contributed by atoms with Gasteiger partial charge in [0.15, 0.2) is 0 Å². The number of ether oxygens (including phenoxy) is 2. The van der Waals surface area contributed by atoms with E-state index in [4.69, 9.17) is 13.9 Å². The number of rotatable bonds is 6. The second-order valence-electron chi connectivity index (χ2n) is 4.64. The predicted molar refractivity (Wildman–Crippen MR) is 89.7 cm³/mol. The second kappa shape index (κ2) is 7.14. The van der Waals surface area contributed by atoms with Gasteiger partial charge in [-0.1, -0.05) is 11.2 Å². The fraction of sp³-hybridized carbons (Fsp3) is 0.188. The Kier molecular flexibility index (Phi) is 4.76. The zero-order chi connectivity index (χ0) is 16.9. The highest BCUT2D eigenvalue weighted by atomic mass is 32.1. The molecule has 0 bridgehead atoms. The van der Waals surface area contributed by atoms with Crippen LogP contribution in [0.5, 0.6) is 11.5 Å². The van der Waals surface area contributed by atoms with Gasteiger partial charge in [-0.05, 0) is 30.5 Å². The van der Waals surface area contributed by atoms with E-state index in [2.05, 4.69) is 15.5 Å². The average Bonchev–Trinajstić information content (AvgIpc) is 3.26. The summed E-state index contributed by atoms with van der Waals surface area (Å²) in [7, 11) is 1.49. The van der Waals surface area contributed by atoms with Crippen LogP contribution in [0.1, 0.15) is 17.3 Å². The summed E-state index contributed by atoms with van der Waals surface area (Å²) >= 11 is 1.47. The summed E-state index contributed by atoms with van der Waals surface area (Å²) in [6.07, 6.45) is 0. The third-order valence-corrected chi connectivity index (χ3v) is 3.96. The summed E-state index contributed by atoms with van der Waals surface area (Å²) < 4.78 is 16.1. The van der Waals surface area contributed by atoms with E-state index in [1.165, 1.54) is 18.4 Å². The molecule has 0 fully saturated rings. The van der Waals surface area contributed by atoms with Gasteiger partial charge in [-0.3, -0.25) is 10.1 Å². The molecule has 1 aromatic carbocycles. The van der Waals surface area contributed by atoms with Crippen molar-refractivity contribution in [2.75, 3.05) is 19.0 Å². The molecule has 0 aliphatic rings. The Bertz CT molecular complexity index is 830. The van der Waals surface area contributed by atoms with Crippen molar-refractivity contribution in [3.05, 3.63) is 41.3 Å². The quantitative estimate of drug-likeness (QED) is 0.736. The third kappa shape index (κ3) is 3.38. The molecular formula is C16H15N3O4S. The number of anilines is 1. The van der Waals surface area contributed by atoms with Crippen LogP contribution in [0.25, 0.3) is 10.8 Å². The van der Waals surface area contributed by atoms with E-state index in [-0.39, 0.29) is 6.01 Å². The maximum absolute atomic E-state index is 12.4. The van der Waals surface area contributed by atoms with Gasteiger partial charge in [0.05, 0.1) is 24.2 Å². The summed E-state index contributed by atoms with van der Waals surface area (Å²) in [5, 5.41) is 12.2. The van der Waals surface area contributed by atoms with Crippen LogP contribution < -0.4 is 14.8 Å². The lowest BCUT2D eigenvalue weighted by atomic mass is 10.2. The van der Waals surface area contributed by atoms with Crippen LogP contribution in [0.4, 0.5) is 6.01 Å². The first-order chi connectivity index (χ1) is 11.7. The standard InChI is InChI=1S/C16H15N3O4S/c1-3-22-10-6-7-11(12(9-10)21-2)14(20)17-16-19-18-15(23-16)13-5-4-8-24-13/h4-9H,3H2,1-2H3,(H,17,19,20). The molecule has 124 valence electrons. The molecule has 2 heterocycles. The van der Waals surface area contributed by atoms with Gasteiger partial charge in [0, 0.05) is 6.07 Å². The van der Waals surface area contributed by atoms with Crippen LogP contribution in [-0.4, -0.2) is 29.8 Å². The highest BCUT2D eigenvalue weighted by Crippen LogP contribution is 2.27. The summed E-state index contributed by atoms with van der Waals surface area (Å²) in [6, 6.07) is 8.75. The number of hydrogen-bond acceptors (Lipinski definition) is 7. The predicted octanol–water partition coefficient (Wildman–Crippen LogP) is 3.46. The Hall–Kier alpha value is -2.87. The molecule has 3 rings (SSSR count). The molecule has 7 nitrogen and oxygen atoms in total. The molecule has 0 saturated carbocycles. The minimum absolute atomic E-state index is 0.0272. The fourth-order valence-electron chi connectivity index (χ4n) is 2.05. The number of carbonyl (C=O) groups is 1. The zero-order valence-electron chi connectivity index (χ0n) is 13.1. The minimum Gasteiger partial charge on any atom is -0.496 e. The highest BCUT2D eigenvalue weighted by Gasteiger charge is 2.17. The van der Waals surface area contributed by atoms with Crippen molar-refractivity contribution >= 4 is 23.3 Å². The maximum Gasteiger partial charge on any atom is 0.322 e. The molecule has 0 atom stereocenters. The first-order valence-electron chi connectivity index (χ1n) is 7.21. The molecule has 1 N–H and O–H groups in total. The summed E-state index contributed by atoms with van der Waals surface area (Å²) in [5.41, 5.74) is 0.344. The molecular weight excluding hydrogens is 330 g/mol. The van der Waals surface area contributed by atoms with E-state index in [0.29, 0.717) is 29.6 Å². The summed E-state index contributed by atoms with van der Waals surface area (Å²) in [5.74, 6) is 0.982. The van der Waals surface area contributed by atoms with Gasteiger partial charge in [0.1, 0.15) is 11.5 Å². The lowest BCUT2D eigenvalue weighted by Crippen LogP contribution is -2.13. The molecule has 8 heteroatoms. The van der Waals surface area contributed by atoms with Crippen molar-refractivity contribution in [3.8, 4) is 22.3 Å². The Morgan fingerprint density at radius 1 is 1.33 bits per heavy atom. The molecule has 0 aliphatic heterocycles. The van der Waals surface area contributed by atoms with E-state index in [1.54, 1.807) is 18.2 Å². The number of benzene rings is 1. The number of aromatic nitrogens is 2. The number of methoxy groups -OCH3 is 1. The molecule has 0 unspecified atom stereocenters. The molecule has 0 aliphatic carbocycles. The smallest absolute Gasteiger partial charge is 0.322 e. The van der Waals surface area contributed by atoms with Gasteiger partial charge >= 0.3 is 6.01 Å². The van der Waals surface area contributed by atoms with Crippen LogP contribution in [0.2, 0.25) is 0 Å². The number of nitrogens with zero attached hydrogens (tertiary/aromatic N) is 2. The highest BCUT2D eigenvalue weighted by molar-refractivity contribution is 7.13. The van der Waals surface area contributed by atoms with Crippen molar-refractivity contribution < 1.29 is 18.7 Å². The van der Waals surface area contributed by atoms with Crippen LogP contribution >= 0.6 is 11.3 Å². The maximum atomic E-state index is 12.4. The van der Waals surface area contributed by atoms with Crippen molar-refractivity contribution in [2.24, 2.45) is 0 Å². The van der Waals surface area contributed by atoms with Gasteiger partial charge < -0.3 is 13.9 Å². The van der Waals surface area contributed by atoms with Gasteiger partial charge in [0.25, 0.3) is 11.8 Å².